The van der Waals surface area contributed by atoms with Crippen molar-refractivity contribution in [2.75, 3.05) is 26.1 Å². The molecule has 5 heteroatoms. The first-order valence-electron chi connectivity index (χ1n) is 5.71. The molecule has 0 aliphatic carbocycles. The van der Waals surface area contributed by atoms with Crippen LogP contribution < -0.4 is 10.1 Å². The highest BCUT2D eigenvalue weighted by molar-refractivity contribution is 9.10. The SMILES string of the molecule is COc1c(Br)cc(Cl)cc1NCCC(C)(C)OC. The second kappa shape index (κ2) is 6.64. The van der Waals surface area contributed by atoms with Crippen molar-refractivity contribution in [2.24, 2.45) is 0 Å². The first-order valence-corrected chi connectivity index (χ1v) is 6.89. The monoisotopic (exact) mass is 335 g/mol. The van der Waals surface area contributed by atoms with Crippen LogP contribution in [0.25, 0.3) is 0 Å². The summed E-state index contributed by atoms with van der Waals surface area (Å²) in [6.07, 6.45) is 0.886. The minimum absolute atomic E-state index is 0.143. The third kappa shape index (κ3) is 4.34. The Labute approximate surface area is 122 Å². The maximum absolute atomic E-state index is 6.02. The highest BCUT2D eigenvalue weighted by Crippen LogP contribution is 2.36. The van der Waals surface area contributed by atoms with Crippen molar-refractivity contribution >= 4 is 33.2 Å². The van der Waals surface area contributed by atoms with Crippen molar-refractivity contribution in [1.82, 2.24) is 0 Å². The number of hydrogen-bond donors (Lipinski definition) is 1. The van der Waals surface area contributed by atoms with Gasteiger partial charge < -0.3 is 14.8 Å². The average Bonchev–Trinajstić information content (AvgIpc) is 2.28. The van der Waals surface area contributed by atoms with E-state index >= 15 is 0 Å². The predicted octanol–water partition coefficient (Wildman–Crippen LogP) is 4.34. The molecule has 0 atom stereocenters. The van der Waals surface area contributed by atoms with E-state index < -0.39 is 0 Å². The molecule has 1 aromatic rings. The zero-order valence-corrected chi connectivity index (χ0v) is 13.5. The molecule has 1 rings (SSSR count). The zero-order valence-electron chi connectivity index (χ0n) is 11.1. The first kappa shape index (κ1) is 15.6. The lowest BCUT2D eigenvalue weighted by atomic mass is 10.1. The van der Waals surface area contributed by atoms with Crippen molar-refractivity contribution in [1.29, 1.82) is 0 Å². The van der Waals surface area contributed by atoms with Gasteiger partial charge in [0.2, 0.25) is 0 Å². The summed E-state index contributed by atoms with van der Waals surface area (Å²) in [4.78, 5) is 0. The summed E-state index contributed by atoms with van der Waals surface area (Å²) in [5.74, 6) is 0.759. The largest absolute Gasteiger partial charge is 0.493 e. The van der Waals surface area contributed by atoms with Crippen molar-refractivity contribution in [3.05, 3.63) is 21.6 Å². The van der Waals surface area contributed by atoms with Gasteiger partial charge in [0.25, 0.3) is 0 Å². The van der Waals surface area contributed by atoms with Crippen LogP contribution >= 0.6 is 27.5 Å². The molecular weight excluding hydrogens is 318 g/mol. The van der Waals surface area contributed by atoms with E-state index in [9.17, 15) is 0 Å². The minimum atomic E-state index is -0.143. The second-order valence-corrected chi connectivity index (χ2v) is 5.90. The molecule has 0 saturated carbocycles. The molecule has 0 unspecified atom stereocenters. The first-order chi connectivity index (χ1) is 8.39. The summed E-state index contributed by atoms with van der Waals surface area (Å²) >= 11 is 9.45. The number of halogens is 2. The molecule has 0 aliphatic rings. The van der Waals surface area contributed by atoms with Crippen molar-refractivity contribution in [3.63, 3.8) is 0 Å². The van der Waals surface area contributed by atoms with Crippen LogP contribution in [0.2, 0.25) is 5.02 Å². The summed E-state index contributed by atoms with van der Waals surface area (Å²) < 4.78 is 11.6. The van der Waals surface area contributed by atoms with Crippen LogP contribution in [0.15, 0.2) is 16.6 Å². The van der Waals surface area contributed by atoms with E-state index in [2.05, 4.69) is 35.1 Å². The van der Waals surface area contributed by atoms with E-state index in [1.54, 1.807) is 14.2 Å². The molecule has 0 amide bonds. The number of methoxy groups -OCH3 is 2. The van der Waals surface area contributed by atoms with Gasteiger partial charge in [0, 0.05) is 18.7 Å². The number of hydrogen-bond acceptors (Lipinski definition) is 3. The summed E-state index contributed by atoms with van der Waals surface area (Å²) in [6.45, 7) is 4.89. The van der Waals surface area contributed by atoms with E-state index in [0.29, 0.717) is 5.02 Å². The van der Waals surface area contributed by atoms with Gasteiger partial charge in [0.1, 0.15) is 0 Å². The van der Waals surface area contributed by atoms with Crippen LogP contribution in [-0.2, 0) is 4.74 Å². The molecule has 102 valence electrons. The number of nitrogens with one attached hydrogen (secondary N) is 1. The molecule has 0 spiro atoms. The van der Waals surface area contributed by atoms with E-state index in [-0.39, 0.29) is 5.60 Å². The van der Waals surface area contributed by atoms with Gasteiger partial charge in [-0.25, -0.2) is 0 Å². The summed E-state index contributed by atoms with van der Waals surface area (Å²) in [5.41, 5.74) is 0.736. The average molecular weight is 337 g/mol. The number of benzene rings is 1. The molecule has 18 heavy (non-hydrogen) atoms. The fourth-order valence-electron chi connectivity index (χ4n) is 1.50. The number of ether oxygens (including phenoxy) is 2. The van der Waals surface area contributed by atoms with Crippen molar-refractivity contribution < 1.29 is 9.47 Å². The molecule has 0 aromatic heterocycles. The smallest absolute Gasteiger partial charge is 0.156 e. The second-order valence-electron chi connectivity index (χ2n) is 4.61. The molecule has 1 aromatic carbocycles. The maximum Gasteiger partial charge on any atom is 0.156 e. The van der Waals surface area contributed by atoms with Crippen LogP contribution in [0.4, 0.5) is 5.69 Å². The normalized spacial score (nSPS) is 11.4. The lowest BCUT2D eigenvalue weighted by Gasteiger charge is -2.23. The quantitative estimate of drug-likeness (QED) is 0.838. The summed E-state index contributed by atoms with van der Waals surface area (Å²) in [7, 11) is 3.36. The van der Waals surface area contributed by atoms with E-state index in [1.165, 1.54) is 0 Å². The van der Waals surface area contributed by atoms with Crippen LogP contribution in [0.5, 0.6) is 5.75 Å². The molecule has 0 heterocycles. The van der Waals surface area contributed by atoms with E-state index in [1.807, 2.05) is 12.1 Å². The van der Waals surface area contributed by atoms with Gasteiger partial charge in [0.15, 0.2) is 5.75 Å². The highest BCUT2D eigenvalue weighted by atomic mass is 79.9. The Bertz CT molecular complexity index is 410. The van der Waals surface area contributed by atoms with Gasteiger partial charge in [-0.1, -0.05) is 11.6 Å². The fourth-order valence-corrected chi connectivity index (χ4v) is 2.47. The number of rotatable bonds is 6. The fraction of sp³-hybridized carbons (Fsp3) is 0.538. The lowest BCUT2D eigenvalue weighted by molar-refractivity contribution is 0.0185. The van der Waals surface area contributed by atoms with Crippen LogP contribution in [0.1, 0.15) is 20.3 Å². The zero-order chi connectivity index (χ0) is 13.8. The Balaban J connectivity index is 2.73. The predicted molar refractivity (Wildman–Crippen MR) is 79.9 cm³/mol. The van der Waals surface area contributed by atoms with Gasteiger partial charge in [-0.2, -0.15) is 0 Å². The van der Waals surface area contributed by atoms with E-state index in [0.717, 1.165) is 28.9 Å². The van der Waals surface area contributed by atoms with Gasteiger partial charge >= 0.3 is 0 Å². The third-order valence-electron chi connectivity index (χ3n) is 2.81. The summed E-state index contributed by atoms with van der Waals surface area (Å²) in [5, 5.41) is 3.98. The van der Waals surface area contributed by atoms with Crippen LogP contribution in [0, 0.1) is 0 Å². The van der Waals surface area contributed by atoms with Crippen molar-refractivity contribution in [3.8, 4) is 5.75 Å². The Hall–Kier alpha value is -0.450. The molecule has 0 bridgehead atoms. The topological polar surface area (TPSA) is 30.5 Å². The molecule has 0 aliphatic heterocycles. The Morgan fingerprint density at radius 2 is 2.00 bits per heavy atom. The highest BCUT2D eigenvalue weighted by Gasteiger charge is 2.16. The van der Waals surface area contributed by atoms with Gasteiger partial charge in [0.05, 0.1) is 22.9 Å². The lowest BCUT2D eigenvalue weighted by Crippen LogP contribution is -2.25. The third-order valence-corrected chi connectivity index (χ3v) is 3.61. The molecule has 0 radical (unpaired) electrons. The van der Waals surface area contributed by atoms with Gasteiger partial charge in [-0.15, -0.1) is 0 Å². The molecule has 0 fully saturated rings. The van der Waals surface area contributed by atoms with Crippen LogP contribution in [-0.4, -0.2) is 26.4 Å². The molecule has 1 N–H and O–H groups in total. The van der Waals surface area contributed by atoms with Crippen LogP contribution in [0.3, 0.4) is 0 Å². The minimum Gasteiger partial charge on any atom is -0.493 e. The van der Waals surface area contributed by atoms with Gasteiger partial charge in [-0.3, -0.25) is 0 Å². The Morgan fingerprint density at radius 3 is 2.56 bits per heavy atom. The standard InChI is InChI=1S/C13H19BrClNO2/c1-13(2,18-4)5-6-16-11-8-9(15)7-10(14)12(11)17-3/h7-8,16H,5-6H2,1-4H3. The number of anilines is 1. The maximum atomic E-state index is 6.02. The molecular formula is C13H19BrClNO2. The van der Waals surface area contributed by atoms with E-state index in [4.69, 9.17) is 21.1 Å². The van der Waals surface area contributed by atoms with Gasteiger partial charge in [-0.05, 0) is 48.3 Å². The Kier molecular flexibility index (Phi) is 5.76. The molecule has 3 nitrogen and oxygen atoms in total. The summed E-state index contributed by atoms with van der Waals surface area (Å²) in [6, 6.07) is 3.66. The Morgan fingerprint density at radius 1 is 1.33 bits per heavy atom. The molecule has 0 saturated heterocycles. The van der Waals surface area contributed by atoms with Crippen molar-refractivity contribution in [2.45, 2.75) is 25.9 Å².